The predicted octanol–water partition coefficient (Wildman–Crippen LogP) is 3.36. The molecule has 12 nitrogen and oxygen atoms in total. The minimum Gasteiger partial charge on any atom is 0 e. The van der Waals surface area contributed by atoms with Crippen molar-refractivity contribution in [3.63, 3.8) is 0 Å². The van der Waals surface area contributed by atoms with Gasteiger partial charge < -0.3 is 29.9 Å². The molecule has 3 atom stereocenters. The maximum Gasteiger partial charge on any atom is 0 e. The van der Waals surface area contributed by atoms with Crippen LogP contribution < -0.4 is 0 Å². The Morgan fingerprint density at radius 1 is 0.588 bits per heavy atom. The third-order valence-electron chi connectivity index (χ3n) is 3.01. The number of carboxylic acids is 3. The molecule has 34 heavy (non-hydrogen) atoms. The van der Waals surface area contributed by atoms with Crippen molar-refractivity contribution in [2.45, 2.75) is 77.4 Å². The van der Waals surface area contributed by atoms with Crippen LogP contribution in [0.4, 0.5) is 0 Å². The molecule has 3 unspecified atom stereocenters. The summed E-state index contributed by atoms with van der Waals surface area (Å²) in [6, 6.07) is -2.47. The fraction of sp³-hybridized carbons (Fsp3) is 0.571. The summed E-state index contributed by atoms with van der Waals surface area (Å²) in [5, 5.41) is 24.9. The Hall–Kier alpha value is -3.21. The van der Waals surface area contributed by atoms with Crippen LogP contribution in [0.3, 0.4) is 0 Å². The summed E-state index contributed by atoms with van der Waals surface area (Å²) in [4.78, 5) is 39.1. The zero-order valence-corrected chi connectivity index (χ0v) is 21.0. The van der Waals surface area contributed by atoms with E-state index in [0.717, 1.165) is 19.3 Å². The number of hydrogen-bond acceptors (Lipinski definition) is 3. The third kappa shape index (κ3) is 39.3. The SMILES string of the molecule is [C-]#[N+]C(CCC)C(=O)O.[C-]#[N+]C(CCC)C(=O)O.[C-]#[N+]C(CCC)C(=O)O.[C-]#[O+].[C-]#[O+].[C-]#[O+].[Mo]. The summed E-state index contributed by atoms with van der Waals surface area (Å²) in [5.74, 6) is -3.02. The average molecular weight is 561 g/mol. The maximum absolute atomic E-state index is 10.1. The van der Waals surface area contributed by atoms with Crippen LogP contribution in [-0.2, 0) is 49.4 Å². The van der Waals surface area contributed by atoms with E-state index in [0.29, 0.717) is 19.3 Å². The molecule has 3 N–H and O–H groups in total. The zero-order valence-electron chi connectivity index (χ0n) is 19.0. The molecule has 0 aliphatic rings. The topological polar surface area (TPSA) is 185 Å². The van der Waals surface area contributed by atoms with Crippen molar-refractivity contribution in [3.05, 3.63) is 54.2 Å². The van der Waals surface area contributed by atoms with E-state index in [1.807, 2.05) is 20.8 Å². The maximum atomic E-state index is 10.1. The molecule has 0 aromatic carbocycles. The van der Waals surface area contributed by atoms with Gasteiger partial charge in [0.25, 0.3) is 0 Å². The van der Waals surface area contributed by atoms with E-state index in [2.05, 4.69) is 34.5 Å². The summed E-state index contributed by atoms with van der Waals surface area (Å²) in [5.41, 5.74) is 0. The molecule has 0 heterocycles. The number of carbonyl (C=O) groups is 3. The van der Waals surface area contributed by atoms with Gasteiger partial charge in [-0.3, -0.25) is 0 Å². The van der Waals surface area contributed by atoms with Gasteiger partial charge in [0.15, 0.2) is 0 Å². The third-order valence-corrected chi connectivity index (χ3v) is 3.01. The Bertz CT molecular complexity index is 606. The molecule has 0 rings (SSSR count). The monoisotopic (exact) mass is 563 g/mol. The predicted molar refractivity (Wildman–Crippen MR) is 111 cm³/mol. The molecule has 0 amide bonds. The van der Waals surface area contributed by atoms with E-state index in [-0.39, 0.29) is 21.1 Å². The Morgan fingerprint density at radius 3 is 0.765 bits per heavy atom. The summed E-state index contributed by atoms with van der Waals surface area (Å²) >= 11 is 0. The van der Waals surface area contributed by atoms with Gasteiger partial charge in [-0.1, -0.05) is 20.8 Å². The van der Waals surface area contributed by atoms with E-state index >= 15 is 0 Å². The summed E-state index contributed by atoms with van der Waals surface area (Å²) < 4.78 is 22.5. The molecule has 0 aliphatic carbocycles. The van der Waals surface area contributed by atoms with Gasteiger partial charge in [-0.25, -0.2) is 34.1 Å². The summed E-state index contributed by atoms with van der Waals surface area (Å²) in [6.45, 7) is 38.4. The Balaban J connectivity index is -0.0000000569. The van der Waals surface area contributed by atoms with Crippen LogP contribution in [0.15, 0.2) is 0 Å². The van der Waals surface area contributed by atoms with Gasteiger partial charge in [-0.05, 0) is 19.3 Å². The zero-order chi connectivity index (χ0) is 27.8. The van der Waals surface area contributed by atoms with E-state index in [1.165, 1.54) is 0 Å². The van der Waals surface area contributed by atoms with Gasteiger partial charge in [0.2, 0.25) is 0 Å². The first-order valence-corrected chi connectivity index (χ1v) is 9.05. The van der Waals surface area contributed by atoms with E-state index in [1.54, 1.807) is 0 Å². The number of carboxylic acid groups (broad SMARTS) is 3. The standard InChI is InChI=1S/3C6H9NO2.3CO.Mo/c3*1-3-4-5(7-2)6(8)9;3*1-2;/h3*5H,3-4H2,1H3,(H,8,9);;;;. The fourth-order valence-corrected chi connectivity index (χ4v) is 1.55. The van der Waals surface area contributed by atoms with Crippen LogP contribution in [0.2, 0.25) is 0 Å². The summed E-state index contributed by atoms with van der Waals surface area (Å²) in [7, 11) is 0. The van der Waals surface area contributed by atoms with Crippen LogP contribution in [-0.4, -0.2) is 51.4 Å². The molecule has 0 saturated carbocycles. The van der Waals surface area contributed by atoms with Gasteiger partial charge in [-0.15, -0.1) is 0 Å². The van der Waals surface area contributed by atoms with Gasteiger partial charge in [0, 0.05) is 40.3 Å². The largest absolute Gasteiger partial charge is 0 e. The Morgan fingerprint density at radius 2 is 0.735 bits per heavy atom. The quantitative estimate of drug-likeness (QED) is 0.220. The van der Waals surface area contributed by atoms with Crippen molar-refractivity contribution in [2.75, 3.05) is 0 Å². The van der Waals surface area contributed by atoms with Crippen LogP contribution in [0.1, 0.15) is 59.3 Å². The number of hydrogen-bond donors (Lipinski definition) is 3. The second kappa shape index (κ2) is 43.6. The molecular formula is C21H27MoN3O9. The van der Waals surface area contributed by atoms with Crippen molar-refractivity contribution in [3.8, 4) is 0 Å². The first-order chi connectivity index (χ1) is 15.7. The summed E-state index contributed by atoms with van der Waals surface area (Å²) in [6.07, 6.45) is 3.62. The Labute approximate surface area is 214 Å². The Kier molecular flexibility index (Phi) is 61.9. The molecule has 0 fully saturated rings. The molecule has 0 aliphatic heterocycles. The van der Waals surface area contributed by atoms with Crippen LogP contribution in [0, 0.1) is 39.7 Å². The molecular weight excluding hydrogens is 534 g/mol. The van der Waals surface area contributed by atoms with Crippen molar-refractivity contribution in [1.29, 1.82) is 0 Å². The molecule has 0 radical (unpaired) electrons. The van der Waals surface area contributed by atoms with Gasteiger partial charge in [0.05, 0.1) is 0 Å². The van der Waals surface area contributed by atoms with Crippen molar-refractivity contribution < 1.29 is 64.7 Å². The normalized spacial score (nSPS) is 9.71. The molecule has 0 bridgehead atoms. The van der Waals surface area contributed by atoms with Crippen molar-refractivity contribution >= 4 is 17.9 Å². The van der Waals surface area contributed by atoms with Gasteiger partial charge in [0.1, 0.15) is 0 Å². The molecule has 0 aromatic rings. The van der Waals surface area contributed by atoms with E-state index < -0.39 is 36.0 Å². The van der Waals surface area contributed by atoms with Crippen molar-refractivity contribution in [2.24, 2.45) is 0 Å². The number of rotatable bonds is 9. The molecule has 0 saturated heterocycles. The van der Waals surface area contributed by atoms with E-state index in [9.17, 15) is 14.4 Å². The van der Waals surface area contributed by atoms with E-state index in [4.69, 9.17) is 49.0 Å². The fourth-order valence-electron chi connectivity index (χ4n) is 1.55. The molecule has 13 heteroatoms. The van der Waals surface area contributed by atoms with Crippen LogP contribution >= 0.6 is 0 Å². The first-order valence-electron chi connectivity index (χ1n) is 9.05. The molecule has 0 aromatic heterocycles. The molecule has 186 valence electrons. The second-order valence-electron chi connectivity index (χ2n) is 5.32. The van der Waals surface area contributed by atoms with Gasteiger partial charge in [-0.2, -0.15) is 0 Å². The van der Waals surface area contributed by atoms with Gasteiger partial charge >= 0.3 is 69.9 Å². The minimum atomic E-state index is -1.01. The smallest absolute Gasteiger partial charge is 0 e. The van der Waals surface area contributed by atoms with Crippen molar-refractivity contribution in [1.82, 2.24) is 0 Å². The minimum absolute atomic E-state index is 0. The first kappa shape index (κ1) is 48.3. The second-order valence-corrected chi connectivity index (χ2v) is 5.32. The average Bonchev–Trinajstić information content (AvgIpc) is 2.83. The number of nitrogens with zero attached hydrogens (tertiary/aromatic N) is 3. The van der Waals surface area contributed by atoms with Crippen LogP contribution in [0.5, 0.6) is 0 Å². The molecule has 0 spiro atoms. The number of aliphatic carboxylic acids is 3. The van der Waals surface area contributed by atoms with Crippen LogP contribution in [0.25, 0.3) is 14.5 Å².